The Labute approximate surface area is 81.1 Å². The fraction of sp³-hybridized carbons (Fsp3) is 0.300. The molecule has 0 fully saturated rings. The maximum atomic E-state index is 11.8. The summed E-state index contributed by atoms with van der Waals surface area (Å²) in [7, 11) is 0. The summed E-state index contributed by atoms with van der Waals surface area (Å²) in [5, 5.41) is 8.78. The van der Waals surface area contributed by atoms with Gasteiger partial charge in [-0.05, 0) is 24.6 Å². The zero-order valence-electron chi connectivity index (χ0n) is 7.79. The molecule has 0 radical (unpaired) electrons. The highest BCUT2D eigenvalue weighted by molar-refractivity contribution is 5.90. The van der Waals surface area contributed by atoms with E-state index in [2.05, 4.69) is 0 Å². The van der Waals surface area contributed by atoms with Gasteiger partial charge in [0.15, 0.2) is 0 Å². The normalized spacial score (nSPS) is 9.86. The zero-order chi connectivity index (χ0) is 10.6. The van der Waals surface area contributed by atoms with E-state index in [1.165, 1.54) is 6.07 Å². The van der Waals surface area contributed by atoms with Crippen LogP contribution < -0.4 is 4.74 Å². The molecule has 0 aliphatic carbocycles. The van der Waals surface area contributed by atoms with Gasteiger partial charge in [0, 0.05) is 0 Å². The van der Waals surface area contributed by atoms with Crippen molar-refractivity contribution in [3.8, 4) is 5.75 Å². The molecule has 3 nitrogen and oxygen atoms in total. The second-order valence-corrected chi connectivity index (χ2v) is 2.84. The first-order chi connectivity index (χ1) is 6.65. The van der Waals surface area contributed by atoms with Crippen molar-refractivity contribution in [2.24, 2.45) is 0 Å². The van der Waals surface area contributed by atoms with Gasteiger partial charge >= 0.3 is 5.97 Å². The van der Waals surface area contributed by atoms with E-state index in [4.69, 9.17) is 9.84 Å². The number of alkyl halides is 1. The van der Waals surface area contributed by atoms with Crippen LogP contribution in [-0.2, 0) is 0 Å². The molecule has 1 N–H and O–H groups in total. The molecule has 0 saturated carbocycles. The van der Waals surface area contributed by atoms with Gasteiger partial charge in [-0.25, -0.2) is 9.18 Å². The standard InChI is InChI=1S/C10H11FO3/c1-7-2-3-8(10(12)13)9(6-7)14-5-4-11/h2-3,6H,4-5H2,1H3,(H,12,13). The fourth-order valence-corrected chi connectivity index (χ4v) is 1.07. The Balaban J connectivity index is 2.97. The Bertz CT molecular complexity index is 336. The molecule has 0 aromatic heterocycles. The van der Waals surface area contributed by atoms with Gasteiger partial charge in [-0.1, -0.05) is 6.07 Å². The molecule has 76 valence electrons. The fourth-order valence-electron chi connectivity index (χ4n) is 1.07. The van der Waals surface area contributed by atoms with Crippen molar-refractivity contribution >= 4 is 5.97 Å². The average molecular weight is 198 g/mol. The molecular weight excluding hydrogens is 187 g/mol. The van der Waals surface area contributed by atoms with Gasteiger partial charge < -0.3 is 9.84 Å². The molecular formula is C10H11FO3. The number of rotatable bonds is 4. The van der Waals surface area contributed by atoms with Crippen LogP contribution in [0.25, 0.3) is 0 Å². The summed E-state index contributed by atoms with van der Waals surface area (Å²) in [5.74, 6) is -0.853. The molecule has 0 heterocycles. The number of halogens is 1. The lowest BCUT2D eigenvalue weighted by molar-refractivity contribution is 0.0692. The molecule has 0 amide bonds. The topological polar surface area (TPSA) is 46.5 Å². The van der Waals surface area contributed by atoms with Crippen molar-refractivity contribution in [3.05, 3.63) is 29.3 Å². The number of carboxylic acid groups (broad SMARTS) is 1. The summed E-state index contributed by atoms with van der Waals surface area (Å²) in [6.07, 6.45) is 0. The maximum absolute atomic E-state index is 11.8. The zero-order valence-corrected chi connectivity index (χ0v) is 7.79. The van der Waals surface area contributed by atoms with E-state index in [0.717, 1.165) is 5.56 Å². The highest BCUT2D eigenvalue weighted by Crippen LogP contribution is 2.20. The molecule has 1 aromatic carbocycles. The summed E-state index contributed by atoms with van der Waals surface area (Å²) in [6, 6.07) is 4.70. The van der Waals surface area contributed by atoms with Crippen LogP contribution in [0.1, 0.15) is 15.9 Å². The summed E-state index contributed by atoms with van der Waals surface area (Å²) < 4.78 is 16.8. The predicted octanol–water partition coefficient (Wildman–Crippen LogP) is 2.04. The molecule has 0 aliphatic heterocycles. The van der Waals surface area contributed by atoms with Gasteiger partial charge in [0.05, 0.1) is 0 Å². The number of aromatic carboxylic acids is 1. The highest BCUT2D eigenvalue weighted by atomic mass is 19.1. The van der Waals surface area contributed by atoms with E-state index >= 15 is 0 Å². The van der Waals surface area contributed by atoms with E-state index in [-0.39, 0.29) is 17.9 Å². The first-order valence-electron chi connectivity index (χ1n) is 4.18. The molecule has 0 saturated heterocycles. The maximum Gasteiger partial charge on any atom is 0.339 e. The highest BCUT2D eigenvalue weighted by Gasteiger charge is 2.10. The van der Waals surface area contributed by atoms with Gasteiger partial charge in [0.2, 0.25) is 0 Å². The number of hydrogen-bond donors (Lipinski definition) is 1. The van der Waals surface area contributed by atoms with Crippen LogP contribution in [0.3, 0.4) is 0 Å². The molecule has 1 rings (SSSR count). The molecule has 14 heavy (non-hydrogen) atoms. The van der Waals surface area contributed by atoms with Crippen LogP contribution in [-0.4, -0.2) is 24.4 Å². The van der Waals surface area contributed by atoms with E-state index in [9.17, 15) is 9.18 Å². The third-order valence-electron chi connectivity index (χ3n) is 1.70. The monoisotopic (exact) mass is 198 g/mol. The summed E-state index contributed by atoms with van der Waals surface area (Å²) in [5.41, 5.74) is 0.938. The minimum Gasteiger partial charge on any atom is -0.490 e. The van der Waals surface area contributed by atoms with Gasteiger partial charge in [-0.2, -0.15) is 0 Å². The van der Waals surface area contributed by atoms with Crippen LogP contribution in [0, 0.1) is 6.92 Å². The van der Waals surface area contributed by atoms with Crippen molar-refractivity contribution in [1.29, 1.82) is 0 Å². The SMILES string of the molecule is Cc1ccc(C(=O)O)c(OCCF)c1. The Hall–Kier alpha value is -1.58. The van der Waals surface area contributed by atoms with Crippen molar-refractivity contribution in [2.45, 2.75) is 6.92 Å². The largest absolute Gasteiger partial charge is 0.490 e. The van der Waals surface area contributed by atoms with Crippen LogP contribution in [0.2, 0.25) is 0 Å². The molecule has 0 bridgehead atoms. The Kier molecular flexibility index (Phi) is 3.45. The first kappa shape index (κ1) is 10.5. The Morgan fingerprint density at radius 2 is 2.29 bits per heavy atom. The second kappa shape index (κ2) is 4.60. The van der Waals surface area contributed by atoms with Crippen LogP contribution in [0.5, 0.6) is 5.75 Å². The minimum absolute atomic E-state index is 0.0593. The number of ether oxygens (including phenoxy) is 1. The average Bonchev–Trinajstić information content (AvgIpc) is 2.14. The predicted molar refractivity (Wildman–Crippen MR) is 49.6 cm³/mol. The third-order valence-corrected chi connectivity index (χ3v) is 1.70. The molecule has 0 atom stereocenters. The van der Waals surface area contributed by atoms with Crippen LogP contribution in [0.4, 0.5) is 4.39 Å². The molecule has 0 spiro atoms. The number of benzene rings is 1. The smallest absolute Gasteiger partial charge is 0.339 e. The first-order valence-corrected chi connectivity index (χ1v) is 4.18. The van der Waals surface area contributed by atoms with E-state index in [1.807, 2.05) is 6.92 Å². The van der Waals surface area contributed by atoms with Crippen molar-refractivity contribution < 1.29 is 19.0 Å². The molecule has 0 unspecified atom stereocenters. The Morgan fingerprint density at radius 3 is 2.86 bits per heavy atom. The lowest BCUT2D eigenvalue weighted by atomic mass is 10.1. The molecule has 1 aromatic rings. The second-order valence-electron chi connectivity index (χ2n) is 2.84. The van der Waals surface area contributed by atoms with Crippen LogP contribution >= 0.6 is 0 Å². The number of aryl methyl sites for hydroxylation is 1. The van der Waals surface area contributed by atoms with Gasteiger partial charge in [0.1, 0.15) is 24.6 Å². The van der Waals surface area contributed by atoms with Gasteiger partial charge in [-0.3, -0.25) is 0 Å². The van der Waals surface area contributed by atoms with Crippen molar-refractivity contribution in [2.75, 3.05) is 13.3 Å². The lowest BCUT2D eigenvalue weighted by Crippen LogP contribution is -2.05. The molecule has 0 aliphatic rings. The molecule has 4 heteroatoms. The van der Waals surface area contributed by atoms with Gasteiger partial charge in [0.25, 0.3) is 0 Å². The van der Waals surface area contributed by atoms with E-state index in [0.29, 0.717) is 0 Å². The summed E-state index contributed by atoms with van der Waals surface area (Å²) >= 11 is 0. The number of carbonyl (C=O) groups is 1. The van der Waals surface area contributed by atoms with Crippen molar-refractivity contribution in [3.63, 3.8) is 0 Å². The third kappa shape index (κ3) is 2.45. The minimum atomic E-state index is -1.07. The van der Waals surface area contributed by atoms with Crippen LogP contribution in [0.15, 0.2) is 18.2 Å². The number of hydrogen-bond acceptors (Lipinski definition) is 2. The van der Waals surface area contributed by atoms with Gasteiger partial charge in [-0.15, -0.1) is 0 Å². The Morgan fingerprint density at radius 1 is 1.57 bits per heavy atom. The number of carboxylic acids is 1. The summed E-state index contributed by atoms with van der Waals surface area (Å²) in [4.78, 5) is 10.7. The van der Waals surface area contributed by atoms with Crippen molar-refractivity contribution in [1.82, 2.24) is 0 Å². The van der Waals surface area contributed by atoms with E-state index < -0.39 is 12.6 Å². The quantitative estimate of drug-likeness (QED) is 0.805. The lowest BCUT2D eigenvalue weighted by Gasteiger charge is -2.07. The summed E-state index contributed by atoms with van der Waals surface area (Å²) in [6.45, 7) is 1.06. The van der Waals surface area contributed by atoms with E-state index in [1.54, 1.807) is 12.1 Å².